The normalized spacial score (nSPS) is 25.5. The minimum Gasteiger partial charge on any atom is -0.308 e. The van der Waals surface area contributed by atoms with E-state index < -0.39 is 9.84 Å². The summed E-state index contributed by atoms with van der Waals surface area (Å²) in [6, 6.07) is 0. The number of nitrogens with zero attached hydrogens (tertiary/aromatic N) is 1. The Morgan fingerprint density at radius 2 is 1.76 bits per heavy atom. The maximum Gasteiger partial charge on any atom is 0.147 e. The molecule has 0 aromatic carbocycles. The van der Waals surface area contributed by atoms with Gasteiger partial charge < -0.3 is 5.32 Å². The first-order chi connectivity index (χ1) is 9.85. The van der Waals surface area contributed by atoms with Crippen molar-refractivity contribution in [2.24, 2.45) is 0 Å². The summed E-state index contributed by atoms with van der Waals surface area (Å²) in [4.78, 5) is 2.61. The molecule has 1 saturated carbocycles. The van der Waals surface area contributed by atoms with Crippen LogP contribution in [0.15, 0.2) is 0 Å². The number of piperazine rings is 1. The van der Waals surface area contributed by atoms with Crippen LogP contribution in [0.3, 0.4) is 0 Å². The third-order valence-electron chi connectivity index (χ3n) is 5.78. The van der Waals surface area contributed by atoms with Crippen molar-refractivity contribution in [1.29, 1.82) is 0 Å². The summed E-state index contributed by atoms with van der Waals surface area (Å²) < 4.78 is 22.8. The van der Waals surface area contributed by atoms with Crippen molar-refractivity contribution < 1.29 is 8.42 Å². The lowest BCUT2D eigenvalue weighted by Crippen LogP contribution is -2.69. The molecule has 2 fully saturated rings. The summed E-state index contributed by atoms with van der Waals surface area (Å²) in [5.41, 5.74) is 0.518. The molecule has 2 aliphatic rings. The van der Waals surface area contributed by atoms with Crippen LogP contribution in [0.25, 0.3) is 0 Å². The maximum absolute atomic E-state index is 11.4. The Labute approximate surface area is 130 Å². The second-order valence-electron chi connectivity index (χ2n) is 7.18. The van der Waals surface area contributed by atoms with Gasteiger partial charge in [0.25, 0.3) is 0 Å². The Balaban J connectivity index is 2.05. The van der Waals surface area contributed by atoms with Crippen LogP contribution in [0.1, 0.15) is 58.8 Å². The molecule has 1 saturated heterocycles. The van der Waals surface area contributed by atoms with Crippen LogP contribution in [0.4, 0.5) is 0 Å². The Hall–Kier alpha value is -0.130. The molecule has 21 heavy (non-hydrogen) atoms. The standard InChI is InChI=1S/C16H32N2O2S/c1-4-16(5-2)13-17-15(9-6-7-10-15)14-18(16)11-8-12-21(3,19)20/h17H,4-14H2,1-3H3. The maximum atomic E-state index is 11.4. The van der Waals surface area contributed by atoms with Crippen LogP contribution >= 0.6 is 0 Å². The first-order valence-electron chi connectivity index (χ1n) is 8.53. The minimum atomic E-state index is -2.85. The summed E-state index contributed by atoms with van der Waals surface area (Å²) in [6.07, 6.45) is 9.58. The first kappa shape index (κ1) is 17.2. The highest BCUT2D eigenvalue weighted by molar-refractivity contribution is 7.90. The first-order valence-corrected chi connectivity index (χ1v) is 10.6. The van der Waals surface area contributed by atoms with Crippen molar-refractivity contribution in [2.45, 2.75) is 69.9 Å². The van der Waals surface area contributed by atoms with Gasteiger partial charge in [-0.1, -0.05) is 26.7 Å². The van der Waals surface area contributed by atoms with Gasteiger partial charge in [0.2, 0.25) is 0 Å². The Morgan fingerprint density at radius 3 is 2.29 bits per heavy atom. The molecule has 0 bridgehead atoms. The van der Waals surface area contributed by atoms with Gasteiger partial charge >= 0.3 is 0 Å². The zero-order valence-corrected chi connectivity index (χ0v) is 14.8. The fourth-order valence-corrected chi connectivity index (χ4v) is 4.87. The molecule has 2 rings (SSSR count). The zero-order valence-electron chi connectivity index (χ0n) is 14.0. The number of rotatable bonds is 6. The van der Waals surface area contributed by atoms with Crippen LogP contribution < -0.4 is 5.32 Å². The molecule has 124 valence electrons. The highest BCUT2D eigenvalue weighted by atomic mass is 32.2. The van der Waals surface area contributed by atoms with E-state index in [4.69, 9.17) is 0 Å². The SMILES string of the molecule is CCC1(CC)CNC2(CCCC2)CN1CCCS(C)(=O)=O. The molecule has 4 nitrogen and oxygen atoms in total. The van der Waals surface area contributed by atoms with Gasteiger partial charge in [0.05, 0.1) is 5.75 Å². The van der Waals surface area contributed by atoms with E-state index in [0.29, 0.717) is 11.3 Å². The molecule has 0 atom stereocenters. The molecule has 0 aromatic rings. The van der Waals surface area contributed by atoms with Gasteiger partial charge in [-0.05, 0) is 38.6 Å². The van der Waals surface area contributed by atoms with E-state index in [0.717, 1.165) is 38.9 Å². The van der Waals surface area contributed by atoms with Crippen LogP contribution in [-0.2, 0) is 9.84 Å². The smallest absolute Gasteiger partial charge is 0.147 e. The summed E-state index contributed by atoms with van der Waals surface area (Å²) >= 11 is 0. The second kappa shape index (κ2) is 6.55. The predicted molar refractivity (Wildman–Crippen MR) is 88.4 cm³/mol. The topological polar surface area (TPSA) is 49.4 Å². The van der Waals surface area contributed by atoms with Gasteiger partial charge in [0.1, 0.15) is 9.84 Å². The lowest BCUT2D eigenvalue weighted by atomic mass is 9.82. The average molecular weight is 317 g/mol. The molecule has 0 radical (unpaired) electrons. The van der Waals surface area contributed by atoms with Crippen molar-refractivity contribution in [1.82, 2.24) is 10.2 Å². The quantitative estimate of drug-likeness (QED) is 0.816. The third kappa shape index (κ3) is 3.99. The zero-order chi connectivity index (χ0) is 15.6. The largest absolute Gasteiger partial charge is 0.308 e. The van der Waals surface area contributed by atoms with Crippen LogP contribution in [-0.4, -0.2) is 56.0 Å². The number of nitrogens with one attached hydrogen (secondary N) is 1. The van der Waals surface area contributed by atoms with Crippen molar-refractivity contribution in [3.63, 3.8) is 0 Å². The summed E-state index contributed by atoms with van der Waals surface area (Å²) in [5.74, 6) is 0.313. The molecule has 0 aromatic heterocycles. The predicted octanol–water partition coefficient (Wildman–Crippen LogP) is 2.20. The van der Waals surface area contributed by atoms with Crippen LogP contribution in [0.5, 0.6) is 0 Å². The molecular formula is C16H32N2O2S. The lowest BCUT2D eigenvalue weighted by molar-refractivity contribution is 0.000223. The van der Waals surface area contributed by atoms with Crippen molar-refractivity contribution in [2.75, 3.05) is 31.6 Å². The molecule has 1 aliphatic carbocycles. The van der Waals surface area contributed by atoms with Crippen molar-refractivity contribution >= 4 is 9.84 Å². The Bertz CT molecular complexity index is 437. The van der Waals surface area contributed by atoms with Gasteiger partial charge in [0.15, 0.2) is 0 Å². The van der Waals surface area contributed by atoms with E-state index in [-0.39, 0.29) is 5.54 Å². The molecule has 1 spiro atoms. The third-order valence-corrected chi connectivity index (χ3v) is 6.81. The van der Waals surface area contributed by atoms with E-state index in [1.54, 1.807) is 0 Å². The van der Waals surface area contributed by atoms with Crippen molar-refractivity contribution in [3.05, 3.63) is 0 Å². The number of sulfone groups is 1. The molecule has 1 heterocycles. The van der Waals surface area contributed by atoms with Gasteiger partial charge in [-0.2, -0.15) is 0 Å². The monoisotopic (exact) mass is 316 g/mol. The molecule has 1 aliphatic heterocycles. The van der Waals surface area contributed by atoms with E-state index in [1.165, 1.54) is 31.9 Å². The van der Waals surface area contributed by atoms with Gasteiger partial charge in [0, 0.05) is 30.4 Å². The van der Waals surface area contributed by atoms with Crippen LogP contribution in [0.2, 0.25) is 0 Å². The van der Waals surface area contributed by atoms with E-state index in [1.807, 2.05) is 0 Å². The van der Waals surface area contributed by atoms with Gasteiger partial charge in [-0.15, -0.1) is 0 Å². The number of hydrogen-bond acceptors (Lipinski definition) is 4. The van der Waals surface area contributed by atoms with Gasteiger partial charge in [-0.3, -0.25) is 4.90 Å². The highest BCUT2D eigenvalue weighted by Crippen LogP contribution is 2.38. The fraction of sp³-hybridized carbons (Fsp3) is 1.00. The van der Waals surface area contributed by atoms with Crippen molar-refractivity contribution in [3.8, 4) is 0 Å². The summed E-state index contributed by atoms with van der Waals surface area (Å²) in [7, 11) is -2.85. The average Bonchev–Trinajstić information content (AvgIpc) is 2.87. The lowest BCUT2D eigenvalue weighted by Gasteiger charge is -2.54. The molecular weight excluding hydrogens is 284 g/mol. The Kier molecular flexibility index (Phi) is 5.37. The Morgan fingerprint density at radius 1 is 1.14 bits per heavy atom. The molecule has 0 unspecified atom stereocenters. The van der Waals surface area contributed by atoms with Crippen LogP contribution in [0, 0.1) is 0 Å². The van der Waals surface area contributed by atoms with E-state index in [2.05, 4.69) is 24.1 Å². The molecule has 1 N–H and O–H groups in total. The fourth-order valence-electron chi connectivity index (χ4n) is 4.22. The molecule has 0 amide bonds. The molecule has 5 heteroatoms. The van der Waals surface area contributed by atoms with E-state index >= 15 is 0 Å². The summed E-state index contributed by atoms with van der Waals surface area (Å²) in [5, 5.41) is 3.86. The summed E-state index contributed by atoms with van der Waals surface area (Å²) in [6.45, 7) is 7.60. The second-order valence-corrected chi connectivity index (χ2v) is 9.44. The van der Waals surface area contributed by atoms with Gasteiger partial charge in [-0.25, -0.2) is 8.42 Å². The minimum absolute atomic E-state index is 0.214. The number of hydrogen-bond donors (Lipinski definition) is 1. The van der Waals surface area contributed by atoms with E-state index in [9.17, 15) is 8.42 Å². The highest BCUT2D eigenvalue weighted by Gasteiger charge is 2.46.